The van der Waals surface area contributed by atoms with Gasteiger partial charge in [0.2, 0.25) is 0 Å². The van der Waals surface area contributed by atoms with Crippen LogP contribution in [0.15, 0.2) is 180 Å². The molecule has 9 rings (SSSR count). The number of para-hydroxylation sites is 1. The Labute approximate surface area is 309 Å². The summed E-state index contributed by atoms with van der Waals surface area (Å²) in [5.41, 5.74) is 10.3. The van der Waals surface area contributed by atoms with Crippen molar-refractivity contribution in [1.82, 2.24) is 15.0 Å². The molecule has 2 aliphatic carbocycles. The van der Waals surface area contributed by atoms with Crippen molar-refractivity contribution in [3.8, 4) is 33.9 Å². The first-order valence-electron chi connectivity index (χ1n) is 18.2. The monoisotopic (exact) mass is 683 g/mol. The van der Waals surface area contributed by atoms with Crippen molar-refractivity contribution < 1.29 is 4.42 Å². The summed E-state index contributed by atoms with van der Waals surface area (Å²) in [6.45, 7) is 6.38. The molecule has 53 heavy (non-hydrogen) atoms. The van der Waals surface area contributed by atoms with Gasteiger partial charge in [0.25, 0.3) is 0 Å². The van der Waals surface area contributed by atoms with Crippen LogP contribution in [0, 0.1) is 5.92 Å². The Bertz CT molecular complexity index is 2750. The molecular weight excluding hydrogens is 647 g/mol. The van der Waals surface area contributed by atoms with E-state index in [0.717, 1.165) is 90.3 Å². The molecule has 0 amide bonds. The van der Waals surface area contributed by atoms with E-state index in [1.165, 1.54) is 5.57 Å². The number of benzene rings is 5. The highest BCUT2D eigenvalue weighted by Gasteiger charge is 2.22. The van der Waals surface area contributed by atoms with Gasteiger partial charge in [0, 0.05) is 27.5 Å². The lowest BCUT2D eigenvalue weighted by Gasteiger charge is -2.18. The van der Waals surface area contributed by atoms with Gasteiger partial charge in [-0.05, 0) is 81.6 Å². The van der Waals surface area contributed by atoms with Crippen LogP contribution in [0.25, 0.3) is 77.8 Å². The Hall–Kier alpha value is -6.65. The van der Waals surface area contributed by atoms with Crippen LogP contribution in [0.2, 0.25) is 0 Å². The number of hydrogen-bond acceptors (Lipinski definition) is 4. The van der Waals surface area contributed by atoms with E-state index in [0.29, 0.717) is 17.6 Å². The predicted octanol–water partition coefficient (Wildman–Crippen LogP) is 12.9. The smallest absolute Gasteiger partial charge is 0.164 e. The topological polar surface area (TPSA) is 51.8 Å². The standard InChI is InChI=1S/C49H37N3O/c1-32-16-5-3-6-19-34(22-15-17-32)36-30-43(46-42-26-13-14-27-44(42)53-45(46)31-36)40-28-29-41(39-25-12-11-24-38(39)40)49-51-47(35-20-7-4-8-21-35)50-48(52-49)37-23-10-9-18-33(37)2/h3-17,20-31,33H,1,18-19H2,2H3/b6-3-,16-5-,17-15?,34-22+. The summed E-state index contributed by atoms with van der Waals surface area (Å²) in [5.74, 6) is 2.36. The van der Waals surface area contributed by atoms with Crippen LogP contribution in [0.5, 0.6) is 0 Å². The highest BCUT2D eigenvalue weighted by molar-refractivity contribution is 6.17. The second-order valence-electron chi connectivity index (χ2n) is 13.7. The van der Waals surface area contributed by atoms with Gasteiger partial charge in [-0.1, -0.05) is 153 Å². The molecular formula is C49H37N3O. The first kappa shape index (κ1) is 32.3. The molecule has 0 fully saturated rings. The maximum Gasteiger partial charge on any atom is 0.164 e. The van der Waals surface area contributed by atoms with Gasteiger partial charge in [-0.2, -0.15) is 0 Å². The van der Waals surface area contributed by atoms with E-state index < -0.39 is 0 Å². The summed E-state index contributed by atoms with van der Waals surface area (Å²) < 4.78 is 6.58. The van der Waals surface area contributed by atoms with Gasteiger partial charge < -0.3 is 4.42 Å². The SMILES string of the molecule is C=C1C=C/C=C(/c2cc(-c3ccc(-c4nc(C5=CC=CCC5C)nc(-c5ccccc5)n4)c4ccccc34)c3c(c2)oc2ccccc23)C/C=C\C=C/1. The Balaban J connectivity index is 1.27. The molecule has 1 unspecified atom stereocenters. The summed E-state index contributed by atoms with van der Waals surface area (Å²) in [6.07, 6.45) is 22.8. The molecule has 0 spiro atoms. The summed E-state index contributed by atoms with van der Waals surface area (Å²) in [4.78, 5) is 15.3. The van der Waals surface area contributed by atoms with Crippen LogP contribution in [-0.2, 0) is 0 Å². The highest BCUT2D eigenvalue weighted by atomic mass is 16.3. The van der Waals surface area contributed by atoms with Gasteiger partial charge in [-0.25, -0.2) is 15.0 Å². The Kier molecular flexibility index (Phi) is 8.41. The molecule has 0 radical (unpaired) electrons. The Morgan fingerprint density at radius 2 is 1.30 bits per heavy atom. The van der Waals surface area contributed by atoms with E-state index in [2.05, 4.69) is 129 Å². The Morgan fingerprint density at radius 3 is 2.15 bits per heavy atom. The first-order chi connectivity index (χ1) is 26.1. The van der Waals surface area contributed by atoms with Crippen LogP contribution in [0.4, 0.5) is 0 Å². The number of fused-ring (bicyclic) bond motifs is 4. The van der Waals surface area contributed by atoms with Crippen LogP contribution in [0.1, 0.15) is 31.2 Å². The van der Waals surface area contributed by atoms with E-state index >= 15 is 0 Å². The van der Waals surface area contributed by atoms with Gasteiger partial charge in [0.15, 0.2) is 17.5 Å². The third-order valence-electron chi connectivity index (χ3n) is 10.2. The first-order valence-corrected chi connectivity index (χ1v) is 18.2. The van der Waals surface area contributed by atoms with E-state index in [1.54, 1.807) is 0 Å². The van der Waals surface area contributed by atoms with Gasteiger partial charge in [-0.3, -0.25) is 0 Å². The molecule has 0 saturated heterocycles. The van der Waals surface area contributed by atoms with Crippen molar-refractivity contribution in [2.75, 3.05) is 0 Å². The molecule has 5 aromatic carbocycles. The lowest BCUT2D eigenvalue weighted by molar-refractivity contribution is 0.669. The molecule has 7 aromatic rings. The fourth-order valence-electron chi connectivity index (χ4n) is 7.44. The average Bonchev–Trinajstić information content (AvgIpc) is 3.58. The summed E-state index contributed by atoms with van der Waals surface area (Å²) in [5, 5.41) is 4.39. The predicted molar refractivity (Wildman–Crippen MR) is 221 cm³/mol. The maximum atomic E-state index is 6.58. The van der Waals surface area contributed by atoms with Crippen molar-refractivity contribution in [1.29, 1.82) is 0 Å². The molecule has 0 aliphatic heterocycles. The zero-order valence-corrected chi connectivity index (χ0v) is 29.5. The molecule has 4 nitrogen and oxygen atoms in total. The average molecular weight is 684 g/mol. The molecule has 0 N–H and O–H groups in total. The molecule has 2 aromatic heterocycles. The van der Waals surface area contributed by atoms with Gasteiger partial charge in [-0.15, -0.1) is 0 Å². The lowest BCUT2D eigenvalue weighted by atomic mass is 9.89. The number of hydrogen-bond donors (Lipinski definition) is 0. The van der Waals surface area contributed by atoms with Crippen molar-refractivity contribution >= 4 is 43.9 Å². The van der Waals surface area contributed by atoms with Crippen LogP contribution >= 0.6 is 0 Å². The summed E-state index contributed by atoms with van der Waals surface area (Å²) in [7, 11) is 0. The van der Waals surface area contributed by atoms with Crippen LogP contribution < -0.4 is 0 Å². The van der Waals surface area contributed by atoms with Crippen molar-refractivity contribution in [3.63, 3.8) is 0 Å². The molecule has 0 bridgehead atoms. The van der Waals surface area contributed by atoms with Crippen LogP contribution in [-0.4, -0.2) is 15.0 Å². The van der Waals surface area contributed by atoms with Gasteiger partial charge >= 0.3 is 0 Å². The molecule has 2 heterocycles. The minimum Gasteiger partial charge on any atom is -0.456 e. The number of nitrogens with zero attached hydrogens (tertiary/aromatic N) is 3. The second kappa shape index (κ2) is 13.8. The van der Waals surface area contributed by atoms with E-state index in [9.17, 15) is 0 Å². The fourth-order valence-corrected chi connectivity index (χ4v) is 7.44. The zero-order chi connectivity index (χ0) is 35.7. The lowest BCUT2D eigenvalue weighted by Crippen LogP contribution is -2.08. The van der Waals surface area contributed by atoms with Crippen molar-refractivity contribution in [2.24, 2.45) is 5.92 Å². The van der Waals surface area contributed by atoms with E-state index in [1.807, 2.05) is 48.6 Å². The third kappa shape index (κ3) is 6.19. The molecule has 254 valence electrons. The zero-order valence-electron chi connectivity index (χ0n) is 29.5. The number of rotatable bonds is 5. The van der Waals surface area contributed by atoms with Crippen LogP contribution in [0.3, 0.4) is 0 Å². The minimum absolute atomic E-state index is 0.306. The van der Waals surface area contributed by atoms with Gasteiger partial charge in [0.05, 0.1) is 0 Å². The Morgan fingerprint density at radius 1 is 0.585 bits per heavy atom. The molecule has 0 saturated carbocycles. The highest BCUT2D eigenvalue weighted by Crippen LogP contribution is 2.43. The number of aromatic nitrogens is 3. The van der Waals surface area contributed by atoms with E-state index in [-0.39, 0.29) is 0 Å². The molecule has 2 aliphatic rings. The second-order valence-corrected chi connectivity index (χ2v) is 13.7. The number of furan rings is 1. The maximum absolute atomic E-state index is 6.58. The molecule has 4 heteroatoms. The van der Waals surface area contributed by atoms with Crippen molar-refractivity contribution in [2.45, 2.75) is 19.8 Å². The third-order valence-corrected chi connectivity index (χ3v) is 10.2. The fraction of sp³-hybridized carbons (Fsp3) is 0.0816. The van der Waals surface area contributed by atoms with E-state index in [4.69, 9.17) is 19.4 Å². The summed E-state index contributed by atoms with van der Waals surface area (Å²) >= 11 is 0. The largest absolute Gasteiger partial charge is 0.456 e. The normalized spacial score (nSPS) is 18.2. The molecule has 1 atom stereocenters. The quantitative estimate of drug-likeness (QED) is 0.181. The van der Waals surface area contributed by atoms with Crippen molar-refractivity contribution in [3.05, 3.63) is 187 Å². The minimum atomic E-state index is 0.306. The van der Waals surface area contributed by atoms with Gasteiger partial charge in [0.1, 0.15) is 11.2 Å². The summed E-state index contributed by atoms with van der Waals surface area (Å²) in [6, 6.07) is 36.0. The number of allylic oxidation sites excluding steroid dienone is 13.